The lowest BCUT2D eigenvalue weighted by Crippen LogP contribution is -2.25. The van der Waals surface area contributed by atoms with Gasteiger partial charge in [-0.05, 0) is 42.9 Å². The van der Waals surface area contributed by atoms with Crippen molar-refractivity contribution in [2.45, 2.75) is 25.2 Å². The van der Waals surface area contributed by atoms with Crippen molar-refractivity contribution in [1.82, 2.24) is 9.97 Å². The van der Waals surface area contributed by atoms with Crippen LogP contribution < -0.4 is 4.90 Å². The maximum Gasteiger partial charge on any atom is 0.356 e. The van der Waals surface area contributed by atoms with E-state index in [9.17, 15) is 9.18 Å². The molecule has 0 bridgehead atoms. The fourth-order valence-corrected chi connectivity index (χ4v) is 2.99. The largest absolute Gasteiger partial charge is 0.476 e. The highest BCUT2D eigenvalue weighted by atomic mass is 19.1. The second-order valence-corrected chi connectivity index (χ2v) is 5.73. The highest BCUT2D eigenvalue weighted by Crippen LogP contribution is 2.29. The summed E-state index contributed by atoms with van der Waals surface area (Å²) in [5.41, 5.74) is 1.12. The minimum atomic E-state index is -1.07. The molecular weight excluding hydrogens is 297 g/mol. The van der Waals surface area contributed by atoms with Gasteiger partial charge in [0.05, 0.1) is 12.4 Å². The third-order valence-corrected chi connectivity index (χ3v) is 4.25. The van der Waals surface area contributed by atoms with Gasteiger partial charge in [-0.3, -0.25) is 0 Å². The first-order valence-electron chi connectivity index (χ1n) is 7.69. The Hall–Kier alpha value is -2.50. The van der Waals surface area contributed by atoms with Crippen LogP contribution in [0.3, 0.4) is 0 Å². The van der Waals surface area contributed by atoms with E-state index in [2.05, 4.69) is 14.9 Å². The Morgan fingerprint density at radius 1 is 1.13 bits per heavy atom. The standard InChI is InChI=1S/C17H18FN3O2/c18-14-5-3-13(4-6-14)12-2-1-8-21(9-7-12)16-11-19-15(10-20-16)17(22)23/h3-6,10-12H,1-2,7-9H2,(H,22,23). The minimum Gasteiger partial charge on any atom is -0.476 e. The van der Waals surface area contributed by atoms with E-state index in [0.717, 1.165) is 32.4 Å². The molecule has 1 aromatic heterocycles. The van der Waals surface area contributed by atoms with Gasteiger partial charge in [-0.1, -0.05) is 12.1 Å². The predicted molar refractivity (Wildman–Crippen MR) is 84.2 cm³/mol. The topological polar surface area (TPSA) is 66.3 Å². The maximum atomic E-state index is 13.0. The lowest BCUT2D eigenvalue weighted by atomic mass is 9.92. The number of carboxylic acids is 1. The zero-order valence-corrected chi connectivity index (χ0v) is 12.7. The van der Waals surface area contributed by atoms with Gasteiger partial charge in [0, 0.05) is 13.1 Å². The number of nitrogens with zero attached hydrogens (tertiary/aromatic N) is 3. The molecule has 1 aliphatic rings. The molecule has 2 aromatic rings. The van der Waals surface area contributed by atoms with Crippen molar-refractivity contribution in [2.24, 2.45) is 0 Å². The van der Waals surface area contributed by atoms with Crippen molar-refractivity contribution >= 4 is 11.8 Å². The molecule has 3 rings (SSSR count). The van der Waals surface area contributed by atoms with Crippen LogP contribution in [0.1, 0.15) is 41.2 Å². The molecule has 1 atom stereocenters. The second-order valence-electron chi connectivity index (χ2n) is 5.73. The van der Waals surface area contributed by atoms with E-state index < -0.39 is 5.97 Å². The quantitative estimate of drug-likeness (QED) is 0.943. The smallest absolute Gasteiger partial charge is 0.356 e. The lowest BCUT2D eigenvalue weighted by molar-refractivity contribution is 0.0690. The molecule has 5 nitrogen and oxygen atoms in total. The summed E-state index contributed by atoms with van der Waals surface area (Å²) in [4.78, 5) is 21.1. The molecule has 1 saturated heterocycles. The van der Waals surface area contributed by atoms with Crippen LogP contribution in [0.25, 0.3) is 0 Å². The van der Waals surface area contributed by atoms with E-state index in [4.69, 9.17) is 5.11 Å². The van der Waals surface area contributed by atoms with Crippen LogP contribution in [0.2, 0.25) is 0 Å². The van der Waals surface area contributed by atoms with Gasteiger partial charge in [0.25, 0.3) is 0 Å². The number of benzene rings is 1. The van der Waals surface area contributed by atoms with Crippen LogP contribution >= 0.6 is 0 Å². The van der Waals surface area contributed by atoms with Crippen molar-refractivity contribution in [1.29, 1.82) is 0 Å². The van der Waals surface area contributed by atoms with E-state index in [0.29, 0.717) is 11.7 Å². The number of carbonyl (C=O) groups is 1. The van der Waals surface area contributed by atoms with Crippen LogP contribution in [0.15, 0.2) is 36.7 Å². The zero-order chi connectivity index (χ0) is 16.2. The summed E-state index contributed by atoms with van der Waals surface area (Å²) in [5, 5.41) is 8.87. The van der Waals surface area contributed by atoms with Crippen LogP contribution in [0.4, 0.5) is 10.2 Å². The first-order valence-corrected chi connectivity index (χ1v) is 7.69. The number of hydrogen-bond donors (Lipinski definition) is 1. The summed E-state index contributed by atoms with van der Waals surface area (Å²) in [6, 6.07) is 6.73. The Kier molecular flexibility index (Phi) is 4.50. The monoisotopic (exact) mass is 315 g/mol. The van der Waals surface area contributed by atoms with Crippen LogP contribution in [-0.2, 0) is 0 Å². The molecule has 23 heavy (non-hydrogen) atoms. The number of rotatable bonds is 3. The van der Waals surface area contributed by atoms with Gasteiger partial charge in [-0.2, -0.15) is 0 Å². The lowest BCUT2D eigenvalue weighted by Gasteiger charge is -2.21. The third kappa shape index (κ3) is 3.64. The number of halogens is 1. The van der Waals surface area contributed by atoms with Crippen molar-refractivity contribution in [3.8, 4) is 0 Å². The molecule has 1 N–H and O–H groups in total. The number of aromatic carboxylic acids is 1. The zero-order valence-electron chi connectivity index (χ0n) is 12.7. The number of hydrogen-bond acceptors (Lipinski definition) is 4. The van der Waals surface area contributed by atoms with E-state index in [-0.39, 0.29) is 11.5 Å². The van der Waals surface area contributed by atoms with E-state index in [1.54, 1.807) is 0 Å². The highest BCUT2D eigenvalue weighted by Gasteiger charge is 2.20. The molecule has 0 amide bonds. The van der Waals surface area contributed by atoms with Gasteiger partial charge in [-0.15, -0.1) is 0 Å². The number of carboxylic acid groups (broad SMARTS) is 1. The van der Waals surface area contributed by atoms with E-state index in [1.165, 1.54) is 30.1 Å². The van der Waals surface area contributed by atoms with Gasteiger partial charge in [0.2, 0.25) is 0 Å². The van der Waals surface area contributed by atoms with Gasteiger partial charge < -0.3 is 10.0 Å². The average molecular weight is 315 g/mol. The molecule has 1 aromatic carbocycles. The molecular formula is C17H18FN3O2. The Labute approximate surface area is 133 Å². The van der Waals surface area contributed by atoms with Crippen LogP contribution in [-0.4, -0.2) is 34.1 Å². The van der Waals surface area contributed by atoms with Gasteiger partial charge in [-0.25, -0.2) is 19.2 Å². The molecule has 1 fully saturated rings. The van der Waals surface area contributed by atoms with E-state index in [1.807, 2.05) is 12.1 Å². The Balaban J connectivity index is 1.68. The second kappa shape index (κ2) is 6.73. The number of anilines is 1. The van der Waals surface area contributed by atoms with Gasteiger partial charge in [0.1, 0.15) is 11.6 Å². The highest BCUT2D eigenvalue weighted by molar-refractivity contribution is 5.84. The molecule has 0 aliphatic carbocycles. The fourth-order valence-electron chi connectivity index (χ4n) is 2.99. The van der Waals surface area contributed by atoms with Gasteiger partial charge >= 0.3 is 5.97 Å². The SMILES string of the molecule is O=C(O)c1cnc(N2CCCC(c3ccc(F)cc3)CC2)cn1. The molecule has 0 radical (unpaired) electrons. The Morgan fingerprint density at radius 3 is 2.57 bits per heavy atom. The fraction of sp³-hybridized carbons (Fsp3) is 0.353. The summed E-state index contributed by atoms with van der Waals surface area (Å²) in [6.07, 6.45) is 5.81. The molecule has 6 heteroatoms. The van der Waals surface area contributed by atoms with Crippen molar-refractivity contribution in [3.63, 3.8) is 0 Å². The maximum absolute atomic E-state index is 13.0. The summed E-state index contributed by atoms with van der Waals surface area (Å²) in [6.45, 7) is 1.68. The van der Waals surface area contributed by atoms with Crippen LogP contribution in [0, 0.1) is 5.82 Å². The molecule has 0 saturated carbocycles. The van der Waals surface area contributed by atoms with Gasteiger partial charge in [0.15, 0.2) is 5.69 Å². The number of aromatic nitrogens is 2. The molecule has 120 valence electrons. The first kappa shape index (κ1) is 15.4. The Morgan fingerprint density at radius 2 is 1.91 bits per heavy atom. The van der Waals surface area contributed by atoms with Crippen molar-refractivity contribution < 1.29 is 14.3 Å². The predicted octanol–water partition coefficient (Wildman–Crippen LogP) is 3.09. The summed E-state index contributed by atoms with van der Waals surface area (Å²) < 4.78 is 13.0. The Bertz CT molecular complexity index is 673. The average Bonchev–Trinajstić information content (AvgIpc) is 2.82. The first-order chi connectivity index (χ1) is 11.1. The summed E-state index contributed by atoms with van der Waals surface area (Å²) >= 11 is 0. The molecule has 2 heterocycles. The minimum absolute atomic E-state index is 0.0484. The summed E-state index contributed by atoms with van der Waals surface area (Å²) in [7, 11) is 0. The third-order valence-electron chi connectivity index (χ3n) is 4.25. The normalized spacial score (nSPS) is 18.5. The van der Waals surface area contributed by atoms with E-state index >= 15 is 0 Å². The molecule has 1 aliphatic heterocycles. The molecule has 0 spiro atoms. The van der Waals surface area contributed by atoms with Crippen molar-refractivity contribution in [3.05, 3.63) is 53.7 Å². The van der Waals surface area contributed by atoms with Crippen LogP contribution in [0.5, 0.6) is 0 Å². The summed E-state index contributed by atoms with van der Waals surface area (Å²) in [5.74, 6) is -0.171. The molecule has 1 unspecified atom stereocenters. The van der Waals surface area contributed by atoms with Crippen molar-refractivity contribution in [2.75, 3.05) is 18.0 Å².